The topological polar surface area (TPSA) is 237 Å². The number of carbonyl (C=O) groups is 4. The summed E-state index contributed by atoms with van der Waals surface area (Å²) in [6.45, 7) is 13.9. The summed E-state index contributed by atoms with van der Waals surface area (Å²) in [5, 5.41) is 10.5. The van der Waals surface area contributed by atoms with Crippen molar-refractivity contribution < 1.29 is 80.2 Å². The molecule has 492 valence electrons. The number of aliphatic hydroxyl groups excluding tert-OH is 1. The highest BCUT2D eigenvalue weighted by atomic mass is 31.2. The third-order valence-electron chi connectivity index (χ3n) is 14.9. The third kappa shape index (κ3) is 57.6. The minimum atomic E-state index is -4.95. The lowest BCUT2D eigenvalue weighted by molar-refractivity contribution is -0.161. The van der Waals surface area contributed by atoms with Crippen molar-refractivity contribution in [1.29, 1.82) is 0 Å². The Labute approximate surface area is 505 Å². The minimum absolute atomic E-state index is 0.102. The number of ether oxygens (including phenoxy) is 4. The van der Waals surface area contributed by atoms with Gasteiger partial charge in [0.25, 0.3) is 0 Å². The van der Waals surface area contributed by atoms with E-state index in [0.717, 1.165) is 102 Å². The van der Waals surface area contributed by atoms with Gasteiger partial charge in [0.2, 0.25) is 0 Å². The van der Waals surface area contributed by atoms with Crippen LogP contribution in [0.3, 0.4) is 0 Å². The SMILES string of the molecule is CCC(C)CCCCCCCCCCCCC(=O)OC[C@H](COP(=O)(O)OC[C@@H](O)COP(=O)(O)OC[C@@H](COC(=O)CCCCCCCCC(C)C)OC(=O)CCCCCCCCCC(C)C)OC(=O)CCCCCCCCCC(C)C. The van der Waals surface area contributed by atoms with Crippen molar-refractivity contribution >= 4 is 39.5 Å². The Hall–Kier alpha value is -1.94. The first-order valence-electron chi connectivity index (χ1n) is 33.2. The van der Waals surface area contributed by atoms with Gasteiger partial charge in [0, 0.05) is 25.7 Å². The number of hydrogen-bond donors (Lipinski definition) is 3. The number of phosphoric acid groups is 2. The van der Waals surface area contributed by atoms with E-state index in [9.17, 15) is 43.2 Å². The van der Waals surface area contributed by atoms with Crippen molar-refractivity contribution in [3.05, 3.63) is 0 Å². The second-order valence-corrected chi connectivity index (χ2v) is 27.7. The van der Waals surface area contributed by atoms with E-state index in [1.54, 1.807) is 0 Å². The molecule has 0 saturated carbocycles. The molecule has 0 spiro atoms. The second-order valence-electron chi connectivity index (χ2n) is 24.8. The fraction of sp³-hybridized carbons (Fsp3) is 0.938. The predicted octanol–water partition coefficient (Wildman–Crippen LogP) is 17.4. The average Bonchev–Trinajstić information content (AvgIpc) is 3.43. The lowest BCUT2D eigenvalue weighted by atomic mass is 9.99. The van der Waals surface area contributed by atoms with E-state index in [2.05, 4.69) is 55.4 Å². The highest BCUT2D eigenvalue weighted by Gasteiger charge is 2.30. The van der Waals surface area contributed by atoms with Crippen LogP contribution in [0.25, 0.3) is 0 Å². The molecular weight excluding hydrogens is 1100 g/mol. The Kier molecular flexibility index (Phi) is 53.0. The molecule has 17 nitrogen and oxygen atoms in total. The van der Waals surface area contributed by atoms with Gasteiger partial charge in [0.1, 0.15) is 19.3 Å². The Morgan fingerprint density at radius 1 is 0.337 bits per heavy atom. The molecule has 6 atom stereocenters. The van der Waals surface area contributed by atoms with Crippen LogP contribution in [0.4, 0.5) is 0 Å². The van der Waals surface area contributed by atoms with Gasteiger partial charge in [0.15, 0.2) is 12.2 Å². The van der Waals surface area contributed by atoms with Gasteiger partial charge in [-0.3, -0.25) is 37.3 Å². The molecule has 0 aromatic rings. The van der Waals surface area contributed by atoms with E-state index in [1.807, 2.05) is 0 Å². The summed E-state index contributed by atoms with van der Waals surface area (Å²) in [5.74, 6) is 0.737. The van der Waals surface area contributed by atoms with Crippen molar-refractivity contribution in [2.75, 3.05) is 39.6 Å². The maximum Gasteiger partial charge on any atom is 0.472 e. The quantitative estimate of drug-likeness (QED) is 0.0222. The lowest BCUT2D eigenvalue weighted by Crippen LogP contribution is -2.30. The number of rotatable bonds is 61. The molecule has 0 rings (SSSR count). The van der Waals surface area contributed by atoms with Crippen molar-refractivity contribution in [3.63, 3.8) is 0 Å². The van der Waals surface area contributed by atoms with Gasteiger partial charge in [-0.15, -0.1) is 0 Å². The number of aliphatic hydroxyl groups is 1. The van der Waals surface area contributed by atoms with Crippen LogP contribution in [0.1, 0.15) is 306 Å². The molecule has 0 radical (unpaired) electrons. The molecule has 0 aliphatic rings. The van der Waals surface area contributed by atoms with Crippen LogP contribution >= 0.6 is 15.6 Å². The monoisotopic (exact) mass is 1230 g/mol. The molecule has 3 N–H and O–H groups in total. The molecule has 19 heteroatoms. The molecule has 0 aliphatic heterocycles. The molecule has 0 heterocycles. The molecule has 0 amide bonds. The summed E-state index contributed by atoms with van der Waals surface area (Å²) < 4.78 is 67.9. The van der Waals surface area contributed by atoms with Crippen molar-refractivity contribution in [3.8, 4) is 0 Å². The van der Waals surface area contributed by atoms with Crippen LogP contribution in [0, 0.1) is 23.7 Å². The fourth-order valence-electron chi connectivity index (χ4n) is 9.40. The van der Waals surface area contributed by atoms with Gasteiger partial charge >= 0.3 is 39.5 Å². The summed E-state index contributed by atoms with van der Waals surface area (Å²) in [4.78, 5) is 72.2. The largest absolute Gasteiger partial charge is 0.472 e. The van der Waals surface area contributed by atoms with Gasteiger partial charge in [0.05, 0.1) is 26.4 Å². The van der Waals surface area contributed by atoms with E-state index >= 15 is 0 Å². The van der Waals surface area contributed by atoms with Crippen molar-refractivity contribution in [2.24, 2.45) is 23.7 Å². The highest BCUT2D eigenvalue weighted by molar-refractivity contribution is 7.47. The van der Waals surface area contributed by atoms with Gasteiger partial charge in [-0.1, -0.05) is 254 Å². The smallest absolute Gasteiger partial charge is 0.462 e. The molecule has 0 aromatic carbocycles. The molecule has 0 aliphatic carbocycles. The summed E-state index contributed by atoms with van der Waals surface area (Å²) in [5.41, 5.74) is 0. The molecule has 83 heavy (non-hydrogen) atoms. The molecule has 0 bridgehead atoms. The van der Waals surface area contributed by atoms with E-state index in [0.29, 0.717) is 43.4 Å². The third-order valence-corrected chi connectivity index (χ3v) is 16.8. The van der Waals surface area contributed by atoms with Crippen molar-refractivity contribution in [2.45, 2.75) is 324 Å². The molecule has 0 aromatic heterocycles. The van der Waals surface area contributed by atoms with Crippen molar-refractivity contribution in [1.82, 2.24) is 0 Å². The number of phosphoric ester groups is 2. The zero-order chi connectivity index (χ0) is 61.8. The Morgan fingerprint density at radius 2 is 0.578 bits per heavy atom. The average molecular weight is 1230 g/mol. The summed E-state index contributed by atoms with van der Waals surface area (Å²) >= 11 is 0. The van der Waals surface area contributed by atoms with Crippen LogP contribution in [-0.4, -0.2) is 96.7 Å². The number of carbonyl (C=O) groups excluding carboxylic acids is 4. The normalized spacial score (nSPS) is 14.8. The fourth-order valence-corrected chi connectivity index (χ4v) is 11.0. The number of hydrogen-bond acceptors (Lipinski definition) is 15. The summed E-state index contributed by atoms with van der Waals surface area (Å²) in [6, 6.07) is 0. The van der Waals surface area contributed by atoms with Crippen LogP contribution < -0.4 is 0 Å². The van der Waals surface area contributed by atoms with Gasteiger partial charge < -0.3 is 33.8 Å². The van der Waals surface area contributed by atoms with Crippen LogP contribution in [0.5, 0.6) is 0 Å². The Balaban J connectivity index is 5.23. The molecular formula is C64H124O17P2. The molecule has 0 fully saturated rings. The van der Waals surface area contributed by atoms with E-state index in [-0.39, 0.29) is 25.7 Å². The number of esters is 4. The van der Waals surface area contributed by atoms with Gasteiger partial charge in [-0.2, -0.15) is 0 Å². The van der Waals surface area contributed by atoms with Crippen LogP contribution in [0.15, 0.2) is 0 Å². The van der Waals surface area contributed by atoms with Crippen LogP contribution in [-0.2, 0) is 65.4 Å². The van der Waals surface area contributed by atoms with E-state index < -0.39 is 97.5 Å². The first-order valence-corrected chi connectivity index (χ1v) is 36.2. The molecule has 3 unspecified atom stereocenters. The van der Waals surface area contributed by atoms with Gasteiger partial charge in [-0.05, 0) is 49.4 Å². The predicted molar refractivity (Wildman–Crippen MR) is 331 cm³/mol. The Morgan fingerprint density at radius 3 is 0.855 bits per heavy atom. The first kappa shape index (κ1) is 81.1. The zero-order valence-electron chi connectivity index (χ0n) is 53.8. The second kappa shape index (κ2) is 54.2. The zero-order valence-corrected chi connectivity index (χ0v) is 55.6. The highest BCUT2D eigenvalue weighted by Crippen LogP contribution is 2.45. The van der Waals surface area contributed by atoms with E-state index in [4.69, 9.17) is 37.0 Å². The Bertz CT molecular complexity index is 1660. The first-order chi connectivity index (χ1) is 39.6. The minimum Gasteiger partial charge on any atom is -0.462 e. The van der Waals surface area contributed by atoms with Crippen LogP contribution in [0.2, 0.25) is 0 Å². The summed E-state index contributed by atoms with van der Waals surface area (Å²) in [7, 11) is -9.89. The maximum absolute atomic E-state index is 13.0. The number of unbranched alkanes of at least 4 members (excludes halogenated alkanes) is 26. The summed E-state index contributed by atoms with van der Waals surface area (Å²) in [6.07, 6.45) is 33.7. The van der Waals surface area contributed by atoms with Gasteiger partial charge in [-0.25, -0.2) is 9.13 Å². The standard InChI is InChI=1S/C64H124O17P2/c1-9-57(8)43-35-27-18-12-10-11-13-19-28-36-44-61(66)74-50-59(80-63(68)46-38-30-20-14-16-24-32-40-54(2)3)52-78-82(70,71)76-48-58(65)49-77-83(72,73)79-53-60(51-75-62(67)45-37-29-23-22-26-34-42-56(6)7)81-64(69)47-39-31-21-15-17-25-33-41-55(4)5/h54-60,65H,9-53H2,1-8H3,(H,70,71)(H,72,73)/t57?,58-,59-,60-/m1/s1. The lowest BCUT2D eigenvalue weighted by Gasteiger charge is -2.21. The van der Waals surface area contributed by atoms with E-state index in [1.165, 1.54) is 103 Å². The maximum atomic E-state index is 13.0. The molecule has 0 saturated heterocycles.